The molecule has 0 saturated heterocycles. The summed E-state index contributed by atoms with van der Waals surface area (Å²) in [7, 11) is 0. The van der Waals surface area contributed by atoms with Gasteiger partial charge < -0.3 is 0 Å². The van der Waals surface area contributed by atoms with Crippen molar-refractivity contribution in [3.63, 3.8) is 0 Å². The number of nitrogens with zero attached hydrogens (tertiary/aromatic N) is 5. The number of carbonyl (C=O) groups is 1. The number of hydrogen-bond donors (Lipinski definition) is 1. The lowest BCUT2D eigenvalue weighted by Gasteiger charge is -1.99. The number of hydrogen-bond acceptors (Lipinski definition) is 5. The monoisotopic (exact) mass is 306 g/mol. The minimum Gasteiger partial charge on any atom is -0.267 e. The zero-order valence-corrected chi connectivity index (χ0v) is 12.4. The largest absolute Gasteiger partial charge is 0.271 e. The first-order valence-corrected chi connectivity index (χ1v) is 6.95. The first-order valence-electron chi connectivity index (χ1n) is 6.95. The lowest BCUT2D eigenvalue weighted by atomic mass is 10.2. The van der Waals surface area contributed by atoms with E-state index in [9.17, 15) is 4.79 Å². The van der Waals surface area contributed by atoms with Gasteiger partial charge in [-0.05, 0) is 31.2 Å². The molecule has 0 aliphatic carbocycles. The van der Waals surface area contributed by atoms with E-state index >= 15 is 0 Å². The molecule has 23 heavy (non-hydrogen) atoms. The van der Waals surface area contributed by atoms with Gasteiger partial charge in [0.15, 0.2) is 0 Å². The number of aromatic nitrogens is 4. The number of rotatable bonds is 4. The van der Waals surface area contributed by atoms with E-state index in [-0.39, 0.29) is 5.91 Å². The van der Waals surface area contributed by atoms with Crippen molar-refractivity contribution in [2.24, 2.45) is 5.10 Å². The van der Waals surface area contributed by atoms with Gasteiger partial charge in [-0.3, -0.25) is 9.78 Å². The van der Waals surface area contributed by atoms with Crippen LogP contribution in [-0.2, 0) is 0 Å². The predicted molar refractivity (Wildman–Crippen MR) is 85.4 cm³/mol. The Hall–Kier alpha value is -3.35. The van der Waals surface area contributed by atoms with Gasteiger partial charge in [0, 0.05) is 18.0 Å². The predicted octanol–water partition coefficient (Wildman–Crippen LogP) is 1.73. The van der Waals surface area contributed by atoms with Crippen LogP contribution in [0.1, 0.15) is 21.6 Å². The summed E-state index contributed by atoms with van der Waals surface area (Å²) < 4.78 is 1.64. The number of aryl methyl sites for hydroxylation is 1. The maximum absolute atomic E-state index is 11.8. The fraction of sp³-hybridized carbons (Fsp3) is 0.0625. The normalized spacial score (nSPS) is 10.8. The third-order valence-electron chi connectivity index (χ3n) is 3.12. The fourth-order valence-electron chi connectivity index (χ4n) is 1.88. The van der Waals surface area contributed by atoms with Gasteiger partial charge in [0.2, 0.25) is 0 Å². The van der Waals surface area contributed by atoms with Crippen LogP contribution in [-0.4, -0.2) is 32.1 Å². The van der Waals surface area contributed by atoms with Gasteiger partial charge in [-0.25, -0.2) is 10.1 Å². The van der Waals surface area contributed by atoms with Gasteiger partial charge in [-0.15, -0.1) is 5.10 Å². The second-order valence-corrected chi connectivity index (χ2v) is 4.86. The van der Waals surface area contributed by atoms with Crippen LogP contribution in [0.3, 0.4) is 0 Å². The zero-order chi connectivity index (χ0) is 16.1. The van der Waals surface area contributed by atoms with Crippen molar-refractivity contribution in [3.8, 4) is 5.69 Å². The molecule has 0 aliphatic rings. The molecule has 2 aromatic heterocycles. The van der Waals surface area contributed by atoms with Crippen molar-refractivity contribution in [1.82, 2.24) is 25.4 Å². The Balaban J connectivity index is 1.65. The summed E-state index contributed by atoms with van der Waals surface area (Å²) in [5.41, 5.74) is 5.54. The van der Waals surface area contributed by atoms with E-state index in [1.807, 2.05) is 31.2 Å². The van der Waals surface area contributed by atoms with Crippen LogP contribution in [0.2, 0.25) is 0 Å². The summed E-state index contributed by atoms with van der Waals surface area (Å²) in [6, 6.07) is 11.1. The SMILES string of the molecule is Cc1ccc(-n2cc(/C=N/NC(=O)c3ccncc3)nn2)cc1. The number of pyridine rings is 1. The van der Waals surface area contributed by atoms with E-state index in [0.29, 0.717) is 11.3 Å². The molecule has 0 aliphatic heterocycles. The Morgan fingerprint density at radius 3 is 2.65 bits per heavy atom. The van der Waals surface area contributed by atoms with Crippen LogP contribution in [0.15, 0.2) is 60.1 Å². The number of benzene rings is 1. The third kappa shape index (κ3) is 3.65. The van der Waals surface area contributed by atoms with Crippen molar-refractivity contribution >= 4 is 12.1 Å². The quantitative estimate of drug-likeness (QED) is 0.587. The third-order valence-corrected chi connectivity index (χ3v) is 3.12. The summed E-state index contributed by atoms with van der Waals surface area (Å²) in [5, 5.41) is 11.9. The second kappa shape index (κ2) is 6.61. The first kappa shape index (κ1) is 14.6. The summed E-state index contributed by atoms with van der Waals surface area (Å²) in [6.45, 7) is 2.02. The zero-order valence-electron chi connectivity index (χ0n) is 12.4. The van der Waals surface area contributed by atoms with Crippen LogP contribution in [0.25, 0.3) is 5.69 Å². The van der Waals surface area contributed by atoms with Gasteiger partial charge in [0.1, 0.15) is 5.69 Å². The van der Waals surface area contributed by atoms with Crippen molar-refractivity contribution in [1.29, 1.82) is 0 Å². The lowest BCUT2D eigenvalue weighted by Crippen LogP contribution is -2.17. The topological polar surface area (TPSA) is 85.1 Å². The van der Waals surface area contributed by atoms with Crippen molar-refractivity contribution in [3.05, 3.63) is 71.8 Å². The molecular weight excluding hydrogens is 292 g/mol. The molecule has 0 fully saturated rings. The van der Waals surface area contributed by atoms with E-state index < -0.39 is 0 Å². The molecule has 2 heterocycles. The molecule has 0 bridgehead atoms. The van der Waals surface area contributed by atoms with Gasteiger partial charge in [0.05, 0.1) is 18.1 Å². The Kier molecular flexibility index (Phi) is 4.19. The number of amides is 1. The van der Waals surface area contributed by atoms with Crippen LogP contribution >= 0.6 is 0 Å². The van der Waals surface area contributed by atoms with Gasteiger partial charge >= 0.3 is 0 Å². The van der Waals surface area contributed by atoms with Crippen LogP contribution in [0.5, 0.6) is 0 Å². The molecule has 1 amide bonds. The molecule has 114 valence electrons. The van der Waals surface area contributed by atoms with E-state index in [0.717, 1.165) is 5.69 Å². The van der Waals surface area contributed by atoms with E-state index in [1.165, 1.54) is 11.8 Å². The summed E-state index contributed by atoms with van der Waals surface area (Å²) in [4.78, 5) is 15.7. The van der Waals surface area contributed by atoms with Crippen molar-refractivity contribution < 1.29 is 4.79 Å². The molecule has 0 saturated carbocycles. The van der Waals surface area contributed by atoms with Crippen molar-refractivity contribution in [2.75, 3.05) is 0 Å². The molecule has 0 radical (unpaired) electrons. The van der Waals surface area contributed by atoms with E-state index in [2.05, 4.69) is 25.8 Å². The minimum absolute atomic E-state index is 0.311. The Labute approximate surface area is 132 Å². The Bertz CT molecular complexity index is 823. The molecule has 0 unspecified atom stereocenters. The summed E-state index contributed by atoms with van der Waals surface area (Å²) >= 11 is 0. The van der Waals surface area contributed by atoms with Gasteiger partial charge in [0.25, 0.3) is 5.91 Å². The molecule has 0 atom stereocenters. The van der Waals surface area contributed by atoms with E-state index in [4.69, 9.17) is 0 Å². The van der Waals surface area contributed by atoms with Crippen LogP contribution in [0, 0.1) is 6.92 Å². The average molecular weight is 306 g/mol. The van der Waals surface area contributed by atoms with Crippen LogP contribution < -0.4 is 5.43 Å². The molecule has 3 rings (SSSR count). The second-order valence-electron chi connectivity index (χ2n) is 4.86. The van der Waals surface area contributed by atoms with Gasteiger partial charge in [-0.2, -0.15) is 5.10 Å². The maximum Gasteiger partial charge on any atom is 0.271 e. The number of carbonyl (C=O) groups excluding carboxylic acids is 1. The summed E-state index contributed by atoms with van der Waals surface area (Å²) in [6.07, 6.45) is 6.27. The fourth-order valence-corrected chi connectivity index (χ4v) is 1.88. The molecule has 3 aromatic rings. The molecule has 1 aromatic carbocycles. The number of nitrogens with one attached hydrogen (secondary N) is 1. The lowest BCUT2D eigenvalue weighted by molar-refractivity contribution is 0.0955. The van der Waals surface area contributed by atoms with Gasteiger partial charge in [-0.1, -0.05) is 22.9 Å². The Morgan fingerprint density at radius 1 is 1.17 bits per heavy atom. The number of hydrazone groups is 1. The van der Waals surface area contributed by atoms with E-state index in [1.54, 1.807) is 35.4 Å². The first-order chi connectivity index (χ1) is 11.2. The highest BCUT2D eigenvalue weighted by atomic mass is 16.2. The molecule has 7 nitrogen and oxygen atoms in total. The Morgan fingerprint density at radius 2 is 1.91 bits per heavy atom. The minimum atomic E-state index is -0.311. The highest BCUT2D eigenvalue weighted by Crippen LogP contribution is 2.07. The molecular formula is C16H14N6O. The standard InChI is InChI=1S/C16H14N6O/c1-12-2-4-15(5-3-12)22-11-14(19-21-22)10-18-20-16(23)13-6-8-17-9-7-13/h2-11H,1H3,(H,20,23)/b18-10+. The van der Waals surface area contributed by atoms with Crippen molar-refractivity contribution in [2.45, 2.75) is 6.92 Å². The van der Waals surface area contributed by atoms with Crippen LogP contribution in [0.4, 0.5) is 0 Å². The molecule has 0 spiro atoms. The maximum atomic E-state index is 11.8. The smallest absolute Gasteiger partial charge is 0.267 e. The highest BCUT2D eigenvalue weighted by molar-refractivity contribution is 5.94. The average Bonchev–Trinajstić information content (AvgIpc) is 3.05. The summed E-state index contributed by atoms with van der Waals surface area (Å²) in [5.74, 6) is -0.311. The molecule has 1 N–H and O–H groups in total. The highest BCUT2D eigenvalue weighted by Gasteiger charge is 2.03. The molecule has 7 heteroatoms.